The summed E-state index contributed by atoms with van der Waals surface area (Å²) in [6.45, 7) is -0.142. The molecule has 1 aromatic carbocycles. The minimum atomic E-state index is -1.98. The zero-order valence-electron chi connectivity index (χ0n) is 12.8. The molecule has 3 rings (SSSR count). The lowest BCUT2D eigenvalue weighted by Crippen LogP contribution is -2.29. The number of hydrogen-bond donors (Lipinski definition) is 1. The number of rotatable bonds is 1. The maximum atomic E-state index is 7.50. The summed E-state index contributed by atoms with van der Waals surface area (Å²) in [7, 11) is 0. The van der Waals surface area contributed by atoms with E-state index in [1.807, 2.05) is 4.90 Å². The fourth-order valence-electron chi connectivity index (χ4n) is 2.09. The molecule has 0 bridgehead atoms. The van der Waals surface area contributed by atoms with Gasteiger partial charge in [0.15, 0.2) is 5.58 Å². The van der Waals surface area contributed by atoms with Crippen LogP contribution < -0.4 is 10.2 Å². The molecule has 4 nitrogen and oxygen atoms in total. The molecular formula is C13H16ClN3O. The second kappa shape index (κ2) is 4.78. The molecule has 0 saturated carbocycles. The van der Waals surface area contributed by atoms with Gasteiger partial charge in [-0.05, 0) is 31.5 Å². The van der Waals surface area contributed by atoms with Gasteiger partial charge in [-0.1, -0.05) is 11.6 Å². The molecule has 0 unspecified atom stereocenters. The van der Waals surface area contributed by atoms with E-state index < -0.39 is 12.9 Å². The van der Waals surface area contributed by atoms with Crippen LogP contribution in [0.15, 0.2) is 22.6 Å². The van der Waals surface area contributed by atoms with Crippen molar-refractivity contribution in [3.05, 3.63) is 23.2 Å². The van der Waals surface area contributed by atoms with E-state index in [1.54, 1.807) is 18.2 Å². The smallest absolute Gasteiger partial charge is 0.298 e. The summed E-state index contributed by atoms with van der Waals surface area (Å²) in [6.07, 6.45) is 0.524. The molecule has 0 amide bonds. The number of aromatic nitrogens is 1. The number of nitrogens with zero attached hydrogens (tertiary/aromatic N) is 2. The molecule has 0 spiro atoms. The van der Waals surface area contributed by atoms with Crippen molar-refractivity contribution in [1.82, 2.24) is 10.3 Å². The highest BCUT2D eigenvalue weighted by molar-refractivity contribution is 6.31. The van der Waals surface area contributed by atoms with Gasteiger partial charge in [-0.15, -0.1) is 0 Å². The van der Waals surface area contributed by atoms with Gasteiger partial charge < -0.3 is 14.6 Å². The first-order valence-corrected chi connectivity index (χ1v) is 6.36. The van der Waals surface area contributed by atoms with Crippen LogP contribution in [-0.4, -0.2) is 30.7 Å². The Labute approximate surface area is 115 Å². The first-order chi connectivity index (χ1) is 9.93. The summed E-state index contributed by atoms with van der Waals surface area (Å²) in [5.74, 6) is 0. The highest BCUT2D eigenvalue weighted by atomic mass is 35.5. The van der Waals surface area contributed by atoms with Crippen LogP contribution in [0.3, 0.4) is 0 Å². The van der Waals surface area contributed by atoms with Gasteiger partial charge >= 0.3 is 0 Å². The minimum Gasteiger partial charge on any atom is -0.423 e. The van der Waals surface area contributed by atoms with Crippen molar-refractivity contribution >= 4 is 28.7 Å². The summed E-state index contributed by atoms with van der Waals surface area (Å²) in [5, 5.41) is 3.68. The van der Waals surface area contributed by atoms with Crippen LogP contribution in [0.4, 0.5) is 6.01 Å². The molecular weight excluding hydrogens is 250 g/mol. The normalized spacial score (nSPS) is 24.4. The van der Waals surface area contributed by atoms with Crippen molar-refractivity contribution in [2.24, 2.45) is 0 Å². The molecule has 2 heterocycles. The highest BCUT2D eigenvalue weighted by Gasteiger charge is 2.18. The van der Waals surface area contributed by atoms with Crippen molar-refractivity contribution in [2.75, 3.05) is 24.5 Å². The predicted octanol–water partition coefficient (Wildman–Crippen LogP) is 2.67. The summed E-state index contributed by atoms with van der Waals surface area (Å²) in [4.78, 5) is 6.40. The van der Waals surface area contributed by atoms with Crippen molar-refractivity contribution in [1.29, 1.82) is 0 Å². The van der Waals surface area contributed by atoms with Crippen LogP contribution in [0.25, 0.3) is 11.1 Å². The Morgan fingerprint density at radius 3 is 3.39 bits per heavy atom. The van der Waals surface area contributed by atoms with Crippen molar-refractivity contribution in [3.8, 4) is 0 Å². The topological polar surface area (TPSA) is 41.3 Å². The Kier molecular flexibility index (Phi) is 2.33. The minimum absolute atomic E-state index is 0.485. The Bertz CT molecular complexity index is 643. The molecule has 1 aliphatic rings. The van der Waals surface area contributed by atoms with Crippen LogP contribution >= 0.6 is 11.6 Å². The molecule has 1 aromatic heterocycles. The molecule has 0 aliphatic carbocycles. The Morgan fingerprint density at radius 2 is 2.50 bits per heavy atom. The van der Waals surface area contributed by atoms with Gasteiger partial charge in [-0.3, -0.25) is 0 Å². The fraction of sp³-hybridized carbons (Fsp3) is 0.462. The van der Waals surface area contributed by atoms with Gasteiger partial charge in [0.25, 0.3) is 6.01 Å². The number of fused-ring (bicyclic) bond motifs is 1. The number of nitrogens with one attached hydrogen (secondary N) is 1. The SMILES string of the molecule is [2H]C([2H])([2H])[C@@H]1CCN(c2nc3cc(Cl)ccc3o2)CCN1. The van der Waals surface area contributed by atoms with E-state index in [0.717, 1.165) is 0 Å². The van der Waals surface area contributed by atoms with Crippen LogP contribution in [0.1, 0.15) is 17.4 Å². The monoisotopic (exact) mass is 268 g/mol. The van der Waals surface area contributed by atoms with Crippen molar-refractivity contribution in [2.45, 2.75) is 19.3 Å². The summed E-state index contributed by atoms with van der Waals surface area (Å²) in [5.41, 5.74) is 1.39. The average molecular weight is 269 g/mol. The number of anilines is 1. The van der Waals surface area contributed by atoms with E-state index in [1.165, 1.54) is 0 Å². The molecule has 1 fully saturated rings. The van der Waals surface area contributed by atoms with Gasteiger partial charge in [-0.2, -0.15) is 4.98 Å². The zero-order chi connectivity index (χ0) is 15.0. The fourth-order valence-corrected chi connectivity index (χ4v) is 2.25. The second-order valence-corrected chi connectivity index (χ2v) is 4.83. The lowest BCUT2D eigenvalue weighted by molar-refractivity contribution is 0.559. The Morgan fingerprint density at radius 1 is 1.56 bits per heavy atom. The number of benzene rings is 1. The molecule has 96 valence electrons. The molecule has 1 aliphatic heterocycles. The zero-order valence-corrected chi connectivity index (χ0v) is 10.6. The van der Waals surface area contributed by atoms with E-state index in [4.69, 9.17) is 20.1 Å². The molecule has 1 atom stereocenters. The summed E-state index contributed by atoms with van der Waals surface area (Å²) < 4.78 is 28.2. The Hall–Kier alpha value is -1.26. The maximum absolute atomic E-state index is 7.50. The molecule has 1 saturated heterocycles. The third-order valence-corrected chi connectivity index (χ3v) is 3.30. The Balaban J connectivity index is 1.79. The van der Waals surface area contributed by atoms with E-state index >= 15 is 0 Å². The first kappa shape index (κ1) is 8.77. The van der Waals surface area contributed by atoms with Crippen LogP contribution in [0.5, 0.6) is 0 Å². The summed E-state index contributed by atoms with van der Waals surface area (Å²) in [6, 6.07) is 5.33. The molecule has 1 N–H and O–H groups in total. The molecule has 2 aromatic rings. The average Bonchev–Trinajstić information content (AvgIpc) is 2.65. The van der Waals surface area contributed by atoms with E-state index in [-0.39, 0.29) is 0 Å². The van der Waals surface area contributed by atoms with Crippen molar-refractivity contribution < 1.29 is 8.53 Å². The van der Waals surface area contributed by atoms with Crippen LogP contribution in [-0.2, 0) is 0 Å². The third-order valence-electron chi connectivity index (χ3n) is 3.07. The van der Waals surface area contributed by atoms with Crippen molar-refractivity contribution in [3.63, 3.8) is 0 Å². The lowest BCUT2D eigenvalue weighted by atomic mass is 10.2. The lowest BCUT2D eigenvalue weighted by Gasteiger charge is -2.16. The second-order valence-electron chi connectivity index (χ2n) is 4.39. The molecule has 5 heteroatoms. The van der Waals surface area contributed by atoms with E-state index in [0.29, 0.717) is 48.2 Å². The van der Waals surface area contributed by atoms with Crippen LogP contribution in [0, 0.1) is 0 Å². The summed E-state index contributed by atoms with van der Waals surface area (Å²) >= 11 is 5.94. The number of hydrogen-bond acceptors (Lipinski definition) is 4. The van der Waals surface area contributed by atoms with Gasteiger partial charge in [-0.25, -0.2) is 0 Å². The standard InChI is InChI=1S/C13H16ClN3O/c1-9-4-6-17(7-5-15-9)13-16-11-8-10(14)2-3-12(11)18-13/h2-3,8-9,15H,4-7H2,1H3/t9-/m1/s1/i1D3. The maximum Gasteiger partial charge on any atom is 0.298 e. The van der Waals surface area contributed by atoms with Gasteiger partial charge in [0, 0.05) is 34.8 Å². The third kappa shape index (κ3) is 2.31. The van der Waals surface area contributed by atoms with E-state index in [9.17, 15) is 0 Å². The molecule has 0 radical (unpaired) electrons. The largest absolute Gasteiger partial charge is 0.423 e. The predicted molar refractivity (Wildman–Crippen MR) is 73.3 cm³/mol. The van der Waals surface area contributed by atoms with Gasteiger partial charge in [0.05, 0.1) is 0 Å². The number of halogens is 1. The van der Waals surface area contributed by atoms with Gasteiger partial charge in [0.2, 0.25) is 0 Å². The highest BCUT2D eigenvalue weighted by Crippen LogP contribution is 2.25. The van der Waals surface area contributed by atoms with E-state index in [2.05, 4.69) is 10.3 Å². The first-order valence-electron chi connectivity index (χ1n) is 7.48. The number of oxazole rings is 1. The van der Waals surface area contributed by atoms with Gasteiger partial charge in [0.1, 0.15) is 5.52 Å². The molecule has 18 heavy (non-hydrogen) atoms. The van der Waals surface area contributed by atoms with Crippen LogP contribution in [0.2, 0.25) is 5.02 Å². The quantitative estimate of drug-likeness (QED) is 0.863.